The van der Waals surface area contributed by atoms with Gasteiger partial charge >= 0.3 is 0 Å². The third kappa shape index (κ3) is 4.62. The second-order valence-corrected chi connectivity index (χ2v) is 7.68. The zero-order chi connectivity index (χ0) is 16.8. The molecule has 2 aromatic heterocycles. The summed E-state index contributed by atoms with van der Waals surface area (Å²) in [7, 11) is 0. The molecule has 0 saturated heterocycles. The average molecular weight is 377 g/mol. The van der Waals surface area contributed by atoms with Crippen LogP contribution in [-0.2, 0) is 11.2 Å². The molecule has 0 aliphatic heterocycles. The van der Waals surface area contributed by atoms with Crippen molar-refractivity contribution in [3.63, 3.8) is 0 Å². The van der Waals surface area contributed by atoms with E-state index in [4.69, 9.17) is 0 Å². The number of nitrogens with one attached hydrogen (secondary N) is 2. The fourth-order valence-corrected chi connectivity index (χ4v) is 3.94. The van der Waals surface area contributed by atoms with Crippen LogP contribution >= 0.6 is 34.9 Å². The van der Waals surface area contributed by atoms with Gasteiger partial charge in [0.2, 0.25) is 11.1 Å². The molecule has 0 unspecified atom stereocenters. The number of aromatic amines is 1. The van der Waals surface area contributed by atoms with Gasteiger partial charge in [0.1, 0.15) is 5.82 Å². The van der Waals surface area contributed by atoms with E-state index in [1.807, 2.05) is 42.0 Å². The van der Waals surface area contributed by atoms with Gasteiger partial charge in [-0.1, -0.05) is 30.0 Å². The van der Waals surface area contributed by atoms with Crippen LogP contribution in [0.1, 0.15) is 10.7 Å². The van der Waals surface area contributed by atoms with E-state index >= 15 is 0 Å². The second-order valence-electron chi connectivity index (χ2n) is 4.86. The summed E-state index contributed by atoms with van der Waals surface area (Å²) in [6.45, 7) is 0. The predicted octanol–water partition coefficient (Wildman–Crippen LogP) is 3.91. The first-order valence-electron chi connectivity index (χ1n) is 7.24. The molecule has 0 atom stereocenters. The predicted molar refractivity (Wildman–Crippen MR) is 101 cm³/mol. The Morgan fingerprint density at radius 2 is 2.17 bits per heavy atom. The van der Waals surface area contributed by atoms with Crippen molar-refractivity contribution in [1.82, 2.24) is 15.2 Å². The van der Waals surface area contributed by atoms with Crippen LogP contribution in [0.3, 0.4) is 0 Å². The van der Waals surface area contributed by atoms with Gasteiger partial charge in [0.15, 0.2) is 0 Å². The Morgan fingerprint density at radius 3 is 2.96 bits per heavy atom. The van der Waals surface area contributed by atoms with Gasteiger partial charge in [-0.25, -0.2) is 4.98 Å². The molecule has 0 spiro atoms. The summed E-state index contributed by atoms with van der Waals surface area (Å²) in [4.78, 5) is 18.8. The fraction of sp³-hybridized carbons (Fsp3) is 0.188. The lowest BCUT2D eigenvalue weighted by Gasteiger charge is -2.08. The Bertz CT molecular complexity index is 801. The van der Waals surface area contributed by atoms with Crippen LogP contribution in [0.5, 0.6) is 0 Å². The molecule has 8 heteroatoms. The number of amides is 1. The number of thioether (sulfide) groups is 2. The molecule has 24 heavy (non-hydrogen) atoms. The Morgan fingerprint density at radius 1 is 1.29 bits per heavy atom. The van der Waals surface area contributed by atoms with Crippen molar-refractivity contribution in [1.29, 1.82) is 0 Å². The topological polar surface area (TPSA) is 70.7 Å². The number of carbonyl (C=O) groups excluding carboxylic acids is 1. The van der Waals surface area contributed by atoms with E-state index in [1.54, 1.807) is 23.1 Å². The molecule has 0 bridgehead atoms. The van der Waals surface area contributed by atoms with Crippen molar-refractivity contribution in [3.8, 4) is 0 Å². The number of hydrogen-bond donors (Lipinski definition) is 2. The summed E-state index contributed by atoms with van der Waals surface area (Å²) >= 11 is 4.62. The summed E-state index contributed by atoms with van der Waals surface area (Å²) in [5.41, 5.74) is 0.837. The average Bonchev–Trinajstić information content (AvgIpc) is 3.26. The maximum absolute atomic E-state index is 12.1. The molecule has 2 heterocycles. The largest absolute Gasteiger partial charge is 0.324 e. The van der Waals surface area contributed by atoms with Crippen LogP contribution in [0.2, 0.25) is 0 Å². The number of anilines is 1. The Labute approximate surface area is 152 Å². The van der Waals surface area contributed by atoms with Gasteiger partial charge < -0.3 is 5.32 Å². The molecule has 0 saturated carbocycles. The zero-order valence-electron chi connectivity index (χ0n) is 13.0. The van der Waals surface area contributed by atoms with E-state index in [2.05, 4.69) is 26.6 Å². The highest BCUT2D eigenvalue weighted by Crippen LogP contribution is 2.25. The van der Waals surface area contributed by atoms with E-state index in [0.29, 0.717) is 5.16 Å². The van der Waals surface area contributed by atoms with Crippen LogP contribution in [0.4, 0.5) is 5.69 Å². The second kappa shape index (κ2) is 8.36. The first kappa shape index (κ1) is 17.1. The molecule has 3 aromatic rings. The number of hydrogen-bond acceptors (Lipinski definition) is 6. The minimum Gasteiger partial charge on any atom is -0.324 e. The van der Waals surface area contributed by atoms with Crippen LogP contribution < -0.4 is 5.32 Å². The molecule has 3 rings (SSSR count). The minimum atomic E-state index is -0.0638. The maximum atomic E-state index is 12.1. The van der Waals surface area contributed by atoms with Gasteiger partial charge in [0.05, 0.1) is 11.4 Å². The number of thiophene rings is 1. The summed E-state index contributed by atoms with van der Waals surface area (Å²) in [6.07, 6.45) is 2.72. The van der Waals surface area contributed by atoms with Gasteiger partial charge in [-0.15, -0.1) is 28.2 Å². The van der Waals surface area contributed by atoms with Gasteiger partial charge in [-0.2, -0.15) is 0 Å². The highest BCUT2D eigenvalue weighted by Gasteiger charge is 2.10. The fourth-order valence-electron chi connectivity index (χ4n) is 2.06. The van der Waals surface area contributed by atoms with Gasteiger partial charge in [0, 0.05) is 16.2 Å². The molecular weight excluding hydrogens is 360 g/mol. The van der Waals surface area contributed by atoms with Crippen molar-refractivity contribution >= 4 is 46.5 Å². The molecule has 0 aliphatic rings. The van der Waals surface area contributed by atoms with Crippen LogP contribution in [0.15, 0.2) is 51.8 Å². The number of carbonyl (C=O) groups is 1. The lowest BCUT2D eigenvalue weighted by atomic mass is 10.3. The van der Waals surface area contributed by atoms with E-state index in [9.17, 15) is 4.79 Å². The Hall–Kier alpha value is -1.77. The molecule has 0 radical (unpaired) electrons. The first-order valence-corrected chi connectivity index (χ1v) is 10.3. The molecule has 2 N–H and O–H groups in total. The van der Waals surface area contributed by atoms with Gasteiger partial charge in [-0.3, -0.25) is 9.89 Å². The van der Waals surface area contributed by atoms with E-state index < -0.39 is 0 Å². The molecule has 0 aliphatic carbocycles. The van der Waals surface area contributed by atoms with Crippen molar-refractivity contribution in [2.75, 3.05) is 17.3 Å². The Balaban J connectivity index is 1.52. The SMILES string of the molecule is CSc1ccccc1NC(=O)CSc1n[nH]c(Cc2cccs2)n1. The summed E-state index contributed by atoms with van der Waals surface area (Å²) < 4.78 is 0. The van der Waals surface area contributed by atoms with E-state index in [0.717, 1.165) is 22.8 Å². The maximum Gasteiger partial charge on any atom is 0.234 e. The molecule has 1 aromatic carbocycles. The Kier molecular flexibility index (Phi) is 5.95. The lowest BCUT2D eigenvalue weighted by molar-refractivity contribution is -0.113. The van der Waals surface area contributed by atoms with E-state index in [-0.39, 0.29) is 11.7 Å². The van der Waals surface area contributed by atoms with E-state index in [1.165, 1.54) is 16.6 Å². The van der Waals surface area contributed by atoms with Crippen molar-refractivity contribution < 1.29 is 4.79 Å². The number of benzene rings is 1. The summed E-state index contributed by atoms with van der Waals surface area (Å²) in [6, 6.07) is 11.8. The van der Waals surface area contributed by atoms with Crippen LogP contribution in [-0.4, -0.2) is 33.1 Å². The highest BCUT2D eigenvalue weighted by atomic mass is 32.2. The normalized spacial score (nSPS) is 10.7. The molecule has 124 valence electrons. The standard InChI is InChI=1S/C16H16N4OS3/c1-22-13-7-3-2-6-12(13)17-15(21)10-24-16-18-14(19-20-16)9-11-5-4-8-23-11/h2-8H,9-10H2,1H3,(H,17,21)(H,18,19,20). The van der Waals surface area contributed by atoms with Crippen LogP contribution in [0.25, 0.3) is 0 Å². The van der Waals surface area contributed by atoms with Gasteiger partial charge in [0.25, 0.3) is 0 Å². The minimum absolute atomic E-state index is 0.0638. The molecule has 1 amide bonds. The monoisotopic (exact) mass is 376 g/mol. The zero-order valence-corrected chi connectivity index (χ0v) is 15.4. The smallest absolute Gasteiger partial charge is 0.234 e. The third-order valence-corrected chi connectivity index (χ3v) is 5.67. The lowest BCUT2D eigenvalue weighted by Crippen LogP contribution is -2.14. The first-order chi connectivity index (χ1) is 11.7. The molecule has 0 fully saturated rings. The van der Waals surface area contributed by atoms with Crippen molar-refractivity contribution in [3.05, 3.63) is 52.5 Å². The quantitative estimate of drug-likeness (QED) is 0.612. The number of aromatic nitrogens is 3. The van der Waals surface area contributed by atoms with Crippen molar-refractivity contribution in [2.45, 2.75) is 16.5 Å². The summed E-state index contributed by atoms with van der Waals surface area (Å²) in [5, 5.41) is 12.6. The van der Waals surface area contributed by atoms with Crippen LogP contribution in [0, 0.1) is 0 Å². The molecular formula is C16H16N4OS3. The number of rotatable bonds is 7. The number of nitrogens with zero attached hydrogens (tertiary/aromatic N) is 2. The summed E-state index contributed by atoms with van der Waals surface area (Å²) in [5.74, 6) is 1.03. The highest BCUT2D eigenvalue weighted by molar-refractivity contribution is 7.99. The molecule has 5 nitrogen and oxygen atoms in total. The number of para-hydroxylation sites is 1. The van der Waals surface area contributed by atoms with Gasteiger partial charge in [-0.05, 0) is 29.8 Å². The number of H-pyrrole nitrogens is 1. The third-order valence-electron chi connectivity index (χ3n) is 3.15. The van der Waals surface area contributed by atoms with Crippen molar-refractivity contribution in [2.24, 2.45) is 0 Å².